The molecular formula is C23H25FN2O2. The third kappa shape index (κ3) is 4.31. The van der Waals surface area contributed by atoms with Gasteiger partial charge in [0.2, 0.25) is 0 Å². The Kier molecular flexibility index (Phi) is 5.95. The number of aromatic carboxylic acids is 1. The Bertz CT molecular complexity index is 991. The Morgan fingerprint density at radius 2 is 1.71 bits per heavy atom. The van der Waals surface area contributed by atoms with Crippen LogP contribution in [0.5, 0.6) is 0 Å². The van der Waals surface area contributed by atoms with Crippen LogP contribution in [0.2, 0.25) is 0 Å². The molecule has 4 nitrogen and oxygen atoms in total. The number of aryl methyl sites for hydroxylation is 1. The van der Waals surface area contributed by atoms with Gasteiger partial charge in [-0.15, -0.1) is 0 Å². The van der Waals surface area contributed by atoms with Crippen LogP contribution in [-0.4, -0.2) is 15.6 Å². The second-order valence-electron chi connectivity index (χ2n) is 7.13. The van der Waals surface area contributed by atoms with E-state index in [4.69, 9.17) is 0 Å². The van der Waals surface area contributed by atoms with Gasteiger partial charge in [0.15, 0.2) is 0 Å². The number of carboxylic acid groups (broad SMARTS) is 1. The zero-order valence-electron chi connectivity index (χ0n) is 16.4. The lowest BCUT2D eigenvalue weighted by atomic mass is 10.1. The number of nitrogens with one attached hydrogen (secondary N) is 1. The largest absolute Gasteiger partial charge is 0.478 e. The molecular weight excluding hydrogens is 355 g/mol. The average Bonchev–Trinajstić information content (AvgIpc) is 2.88. The summed E-state index contributed by atoms with van der Waals surface area (Å²) < 4.78 is 15.2. The molecule has 0 aliphatic rings. The second-order valence-corrected chi connectivity index (χ2v) is 7.13. The number of halogens is 1. The third-order valence-electron chi connectivity index (χ3n) is 5.09. The second kappa shape index (κ2) is 8.40. The molecule has 2 N–H and O–H groups in total. The zero-order chi connectivity index (χ0) is 20.3. The van der Waals surface area contributed by atoms with E-state index in [1.807, 2.05) is 24.5 Å². The standard InChI is InChI=1S/C23H25FN2O2/c1-15-5-4-6-19(11-15)12-25-13-21-16(2)26(17(3)22(21)23(27)28)14-18-7-9-20(24)10-8-18/h4-11,25H,12-14H2,1-3H3,(H,27,28). The van der Waals surface area contributed by atoms with E-state index >= 15 is 0 Å². The first kappa shape index (κ1) is 19.8. The van der Waals surface area contributed by atoms with Gasteiger partial charge in [-0.05, 0) is 44.0 Å². The van der Waals surface area contributed by atoms with Crippen LogP contribution < -0.4 is 5.32 Å². The van der Waals surface area contributed by atoms with Crippen LogP contribution >= 0.6 is 0 Å². The lowest BCUT2D eigenvalue weighted by molar-refractivity contribution is 0.0694. The monoisotopic (exact) mass is 380 g/mol. The maximum atomic E-state index is 13.2. The van der Waals surface area contributed by atoms with Crippen LogP contribution in [0.15, 0.2) is 48.5 Å². The summed E-state index contributed by atoms with van der Waals surface area (Å²) in [5.74, 6) is -1.21. The highest BCUT2D eigenvalue weighted by molar-refractivity contribution is 5.91. The van der Waals surface area contributed by atoms with Crippen LogP contribution in [0.4, 0.5) is 4.39 Å². The minimum Gasteiger partial charge on any atom is -0.478 e. The van der Waals surface area contributed by atoms with E-state index in [-0.39, 0.29) is 5.82 Å². The number of rotatable bonds is 7. The van der Waals surface area contributed by atoms with Crippen molar-refractivity contribution in [3.05, 3.63) is 93.6 Å². The summed E-state index contributed by atoms with van der Waals surface area (Å²) in [5.41, 5.74) is 6.05. The predicted octanol–water partition coefficient (Wildman–Crippen LogP) is 4.59. The lowest BCUT2D eigenvalue weighted by Crippen LogP contribution is -2.15. The van der Waals surface area contributed by atoms with Crippen molar-refractivity contribution in [3.63, 3.8) is 0 Å². The fraction of sp³-hybridized carbons (Fsp3) is 0.261. The van der Waals surface area contributed by atoms with Gasteiger partial charge in [-0.25, -0.2) is 9.18 Å². The molecule has 0 aliphatic heterocycles. The van der Waals surface area contributed by atoms with Gasteiger partial charge in [0.25, 0.3) is 0 Å². The number of hydrogen-bond acceptors (Lipinski definition) is 2. The highest BCUT2D eigenvalue weighted by Crippen LogP contribution is 2.24. The van der Waals surface area contributed by atoms with Gasteiger partial charge in [-0.3, -0.25) is 0 Å². The first-order valence-corrected chi connectivity index (χ1v) is 9.29. The molecule has 0 saturated heterocycles. The molecule has 0 radical (unpaired) electrons. The van der Waals surface area contributed by atoms with Crippen molar-refractivity contribution in [1.29, 1.82) is 0 Å². The predicted molar refractivity (Wildman–Crippen MR) is 108 cm³/mol. The molecule has 2 aromatic carbocycles. The van der Waals surface area contributed by atoms with Crippen molar-refractivity contribution in [3.8, 4) is 0 Å². The van der Waals surface area contributed by atoms with Gasteiger partial charge in [-0.1, -0.05) is 42.0 Å². The first-order valence-electron chi connectivity index (χ1n) is 9.29. The number of benzene rings is 2. The van der Waals surface area contributed by atoms with Crippen molar-refractivity contribution < 1.29 is 14.3 Å². The Balaban J connectivity index is 1.83. The van der Waals surface area contributed by atoms with E-state index in [1.165, 1.54) is 17.7 Å². The highest BCUT2D eigenvalue weighted by atomic mass is 19.1. The van der Waals surface area contributed by atoms with E-state index in [1.54, 1.807) is 12.1 Å². The van der Waals surface area contributed by atoms with Crippen molar-refractivity contribution in [2.45, 2.75) is 40.4 Å². The summed E-state index contributed by atoms with van der Waals surface area (Å²) in [6.07, 6.45) is 0. The van der Waals surface area contributed by atoms with E-state index in [2.05, 4.69) is 30.4 Å². The van der Waals surface area contributed by atoms with Crippen LogP contribution in [0.1, 0.15) is 44.0 Å². The molecule has 0 atom stereocenters. The molecule has 0 saturated carbocycles. The van der Waals surface area contributed by atoms with Crippen molar-refractivity contribution in [2.24, 2.45) is 0 Å². The van der Waals surface area contributed by atoms with E-state index < -0.39 is 5.97 Å². The summed E-state index contributed by atoms with van der Waals surface area (Å²) in [4.78, 5) is 11.9. The molecule has 28 heavy (non-hydrogen) atoms. The van der Waals surface area contributed by atoms with Gasteiger partial charge in [0.05, 0.1) is 5.56 Å². The molecule has 1 aromatic heterocycles. The van der Waals surface area contributed by atoms with Crippen molar-refractivity contribution in [1.82, 2.24) is 9.88 Å². The van der Waals surface area contributed by atoms with E-state index in [0.29, 0.717) is 30.9 Å². The topological polar surface area (TPSA) is 54.3 Å². The quantitative estimate of drug-likeness (QED) is 0.630. The summed E-state index contributed by atoms with van der Waals surface area (Å²) in [7, 11) is 0. The number of carbonyl (C=O) groups is 1. The highest BCUT2D eigenvalue weighted by Gasteiger charge is 2.22. The van der Waals surface area contributed by atoms with Gasteiger partial charge in [0, 0.05) is 36.6 Å². The Morgan fingerprint density at radius 1 is 1.00 bits per heavy atom. The molecule has 0 unspecified atom stereocenters. The Hall–Kier alpha value is -2.92. The molecule has 0 aliphatic carbocycles. The smallest absolute Gasteiger partial charge is 0.337 e. The zero-order valence-corrected chi connectivity index (χ0v) is 16.4. The fourth-order valence-corrected chi connectivity index (χ4v) is 3.61. The molecule has 3 aromatic rings. The fourth-order valence-electron chi connectivity index (χ4n) is 3.61. The third-order valence-corrected chi connectivity index (χ3v) is 5.09. The molecule has 0 bridgehead atoms. The van der Waals surface area contributed by atoms with Crippen molar-refractivity contribution >= 4 is 5.97 Å². The molecule has 0 amide bonds. The summed E-state index contributed by atoms with van der Waals surface area (Å²) in [5, 5.41) is 13.1. The van der Waals surface area contributed by atoms with Crippen LogP contribution in [0.3, 0.4) is 0 Å². The van der Waals surface area contributed by atoms with E-state index in [0.717, 1.165) is 22.4 Å². The number of hydrogen-bond donors (Lipinski definition) is 2. The number of aromatic nitrogens is 1. The molecule has 0 fully saturated rings. The number of carboxylic acids is 1. The molecule has 1 heterocycles. The maximum Gasteiger partial charge on any atom is 0.337 e. The minimum atomic E-state index is -0.925. The van der Waals surface area contributed by atoms with Crippen molar-refractivity contribution in [2.75, 3.05) is 0 Å². The van der Waals surface area contributed by atoms with Gasteiger partial charge < -0.3 is 15.0 Å². The van der Waals surface area contributed by atoms with Gasteiger partial charge in [0.1, 0.15) is 5.82 Å². The SMILES string of the molecule is Cc1cccc(CNCc2c(C(=O)O)c(C)n(Cc3ccc(F)cc3)c2C)c1. The molecule has 146 valence electrons. The average molecular weight is 380 g/mol. The molecule has 5 heteroatoms. The Labute approximate surface area is 164 Å². The Morgan fingerprint density at radius 3 is 2.36 bits per heavy atom. The van der Waals surface area contributed by atoms with E-state index in [9.17, 15) is 14.3 Å². The summed E-state index contributed by atoms with van der Waals surface area (Å²) in [6.45, 7) is 7.46. The number of nitrogens with zero attached hydrogens (tertiary/aromatic N) is 1. The van der Waals surface area contributed by atoms with Crippen LogP contribution in [0, 0.1) is 26.6 Å². The van der Waals surface area contributed by atoms with Crippen LogP contribution in [0.25, 0.3) is 0 Å². The first-order chi connectivity index (χ1) is 13.4. The van der Waals surface area contributed by atoms with Gasteiger partial charge >= 0.3 is 5.97 Å². The molecule has 0 spiro atoms. The lowest BCUT2D eigenvalue weighted by Gasteiger charge is -2.10. The normalized spacial score (nSPS) is 11.0. The van der Waals surface area contributed by atoms with Crippen LogP contribution in [-0.2, 0) is 19.6 Å². The summed E-state index contributed by atoms with van der Waals surface area (Å²) in [6, 6.07) is 14.5. The van der Waals surface area contributed by atoms with Gasteiger partial charge in [-0.2, -0.15) is 0 Å². The maximum absolute atomic E-state index is 13.2. The minimum absolute atomic E-state index is 0.281. The molecule has 3 rings (SSSR count). The summed E-state index contributed by atoms with van der Waals surface area (Å²) >= 11 is 0.